The fraction of sp³-hybridized carbons (Fsp3) is 0.696. The van der Waals surface area contributed by atoms with E-state index in [4.69, 9.17) is 0 Å². The van der Waals surface area contributed by atoms with Crippen molar-refractivity contribution in [1.29, 1.82) is 0 Å². The van der Waals surface area contributed by atoms with Gasteiger partial charge in [0.05, 0.1) is 5.69 Å². The highest BCUT2D eigenvalue weighted by molar-refractivity contribution is 7.98. The number of nitrogens with one attached hydrogen (secondary N) is 2. The lowest BCUT2D eigenvalue weighted by atomic mass is 10.2. The number of hydrogen-bond acceptors (Lipinski definition) is 6. The summed E-state index contributed by atoms with van der Waals surface area (Å²) in [6, 6.07) is 0.484. The lowest BCUT2D eigenvalue weighted by Crippen LogP contribution is -2.40. The molecule has 0 radical (unpaired) electrons. The Hall–Kier alpha value is -2.36. The van der Waals surface area contributed by atoms with E-state index in [0.717, 1.165) is 48.0 Å². The quantitative estimate of drug-likeness (QED) is 0.277. The Morgan fingerprint density at radius 3 is 2.61 bits per heavy atom. The predicted octanol–water partition coefficient (Wildman–Crippen LogP) is 3.18. The van der Waals surface area contributed by atoms with Gasteiger partial charge in [-0.3, -0.25) is 14.3 Å². The summed E-state index contributed by atoms with van der Waals surface area (Å²) >= 11 is 1.62. The van der Waals surface area contributed by atoms with Crippen LogP contribution in [0.15, 0.2) is 11.4 Å². The van der Waals surface area contributed by atoms with E-state index >= 15 is 0 Å². The van der Waals surface area contributed by atoms with Crippen LogP contribution in [0.1, 0.15) is 81.4 Å². The van der Waals surface area contributed by atoms with Crippen LogP contribution in [0.4, 0.5) is 0 Å². The van der Waals surface area contributed by atoms with Gasteiger partial charge in [-0.25, -0.2) is 0 Å². The number of nitrogens with zero attached hydrogens (tertiary/aromatic N) is 5. The van der Waals surface area contributed by atoms with Crippen LogP contribution in [0.2, 0.25) is 0 Å². The number of hydrogen-bond donors (Lipinski definition) is 2. The number of thioether (sulfide) groups is 1. The van der Waals surface area contributed by atoms with Gasteiger partial charge in [0.15, 0.2) is 5.16 Å². The highest BCUT2D eigenvalue weighted by Crippen LogP contribution is 2.33. The van der Waals surface area contributed by atoms with E-state index in [1.807, 2.05) is 24.1 Å². The fourth-order valence-corrected chi connectivity index (χ4v) is 4.88. The van der Waals surface area contributed by atoms with Crippen LogP contribution in [0.3, 0.4) is 0 Å². The number of aryl methyl sites for hydroxylation is 3. The van der Waals surface area contributed by atoms with Crippen LogP contribution < -0.4 is 10.6 Å². The molecule has 2 heterocycles. The first-order valence-corrected chi connectivity index (χ1v) is 13.3. The van der Waals surface area contributed by atoms with Crippen LogP contribution in [-0.2, 0) is 29.1 Å². The molecule has 1 saturated carbocycles. The van der Waals surface area contributed by atoms with Crippen molar-refractivity contribution in [3.63, 3.8) is 0 Å². The molecular weight excluding hydrogens is 438 g/mol. The third kappa shape index (κ3) is 7.06. The maximum absolute atomic E-state index is 12.2. The van der Waals surface area contributed by atoms with E-state index < -0.39 is 11.8 Å². The van der Waals surface area contributed by atoms with Crippen LogP contribution in [0.5, 0.6) is 0 Å². The molecule has 2 aromatic rings. The van der Waals surface area contributed by atoms with Crippen LogP contribution in [0, 0.1) is 6.92 Å². The van der Waals surface area contributed by atoms with Crippen molar-refractivity contribution in [2.45, 2.75) is 95.9 Å². The molecule has 1 aliphatic carbocycles. The summed E-state index contributed by atoms with van der Waals surface area (Å²) in [5.41, 5.74) is 1.81. The minimum absolute atomic E-state index is 0.299. The summed E-state index contributed by atoms with van der Waals surface area (Å²) in [6.45, 7) is 5.69. The van der Waals surface area contributed by atoms with Crippen molar-refractivity contribution in [2.24, 2.45) is 0 Å². The summed E-state index contributed by atoms with van der Waals surface area (Å²) in [4.78, 5) is 24.4. The first-order valence-electron chi connectivity index (χ1n) is 12.1. The summed E-state index contributed by atoms with van der Waals surface area (Å²) in [7, 11) is 0. The first kappa shape index (κ1) is 25.3. The van der Waals surface area contributed by atoms with E-state index in [2.05, 4.69) is 37.4 Å². The smallest absolute Gasteiger partial charge is 0.309 e. The standard InChI is InChI=1S/C23H37N7O2S/c1-4-5-8-14-29-16-18(17(2)28-29)15-25-22(32)21(31)24-13-9-12-20-26-27-23(33-3)30(20)19-10-6-7-11-19/h16,19H,4-15H2,1-3H3,(H,24,31)(H,25,32). The SMILES string of the molecule is CCCCCn1cc(CNC(=O)C(=O)NCCCc2nnc(SC)n2C2CCCC2)c(C)n1. The molecule has 1 fully saturated rings. The molecule has 2 aromatic heterocycles. The van der Waals surface area contributed by atoms with Gasteiger partial charge in [0, 0.05) is 43.9 Å². The number of rotatable bonds is 12. The zero-order valence-corrected chi connectivity index (χ0v) is 20.9. The van der Waals surface area contributed by atoms with Gasteiger partial charge in [-0.1, -0.05) is 44.4 Å². The topological polar surface area (TPSA) is 107 Å². The number of carbonyl (C=O) groups excluding carboxylic acids is 2. The summed E-state index contributed by atoms with van der Waals surface area (Å²) in [6.07, 6.45) is 13.7. The highest BCUT2D eigenvalue weighted by Gasteiger charge is 2.23. The van der Waals surface area contributed by atoms with Crippen LogP contribution in [0.25, 0.3) is 0 Å². The molecule has 9 nitrogen and oxygen atoms in total. The van der Waals surface area contributed by atoms with Gasteiger partial charge in [-0.2, -0.15) is 5.10 Å². The lowest BCUT2D eigenvalue weighted by molar-refractivity contribution is -0.139. The molecule has 0 unspecified atom stereocenters. The lowest BCUT2D eigenvalue weighted by Gasteiger charge is -2.16. The van der Waals surface area contributed by atoms with E-state index in [1.54, 1.807) is 11.8 Å². The van der Waals surface area contributed by atoms with Gasteiger partial charge in [-0.05, 0) is 38.9 Å². The fourth-order valence-electron chi connectivity index (χ4n) is 4.30. The molecule has 2 N–H and O–H groups in total. The van der Waals surface area contributed by atoms with Crippen LogP contribution in [-0.4, -0.2) is 49.2 Å². The van der Waals surface area contributed by atoms with Gasteiger partial charge in [-0.15, -0.1) is 10.2 Å². The molecule has 10 heteroatoms. The largest absolute Gasteiger partial charge is 0.348 e. The van der Waals surface area contributed by atoms with Crippen molar-refractivity contribution in [3.05, 3.63) is 23.3 Å². The monoisotopic (exact) mass is 475 g/mol. The highest BCUT2D eigenvalue weighted by atomic mass is 32.2. The molecule has 0 saturated heterocycles. The zero-order chi connectivity index (χ0) is 23.6. The first-order chi connectivity index (χ1) is 16.0. The molecule has 0 aromatic carbocycles. The average Bonchev–Trinajstić information content (AvgIpc) is 3.54. The van der Waals surface area contributed by atoms with Crippen molar-refractivity contribution in [1.82, 2.24) is 35.2 Å². The van der Waals surface area contributed by atoms with Crippen LogP contribution >= 0.6 is 11.8 Å². The molecule has 182 valence electrons. The van der Waals surface area contributed by atoms with E-state index in [9.17, 15) is 9.59 Å². The Kier molecular flexibility index (Phi) is 9.77. The van der Waals surface area contributed by atoms with Gasteiger partial charge < -0.3 is 15.2 Å². The molecule has 0 atom stereocenters. The molecule has 0 aliphatic heterocycles. The van der Waals surface area contributed by atoms with Crippen molar-refractivity contribution < 1.29 is 9.59 Å². The second kappa shape index (κ2) is 12.8. The van der Waals surface area contributed by atoms with E-state index in [-0.39, 0.29) is 0 Å². The molecule has 3 rings (SSSR count). The number of amides is 2. The molecule has 0 spiro atoms. The number of unbranched alkanes of at least 4 members (excludes halogenated alkanes) is 2. The minimum atomic E-state index is -0.619. The Balaban J connectivity index is 1.40. The molecule has 0 bridgehead atoms. The van der Waals surface area contributed by atoms with Gasteiger partial charge in [0.1, 0.15) is 5.82 Å². The maximum atomic E-state index is 12.2. The van der Waals surface area contributed by atoms with Crippen molar-refractivity contribution in [3.8, 4) is 0 Å². The van der Waals surface area contributed by atoms with Gasteiger partial charge in [0.2, 0.25) is 0 Å². The van der Waals surface area contributed by atoms with Crippen molar-refractivity contribution in [2.75, 3.05) is 12.8 Å². The number of aromatic nitrogens is 5. The third-order valence-electron chi connectivity index (χ3n) is 6.15. The Bertz CT molecular complexity index is 918. The third-order valence-corrected chi connectivity index (χ3v) is 6.80. The molecular formula is C23H37N7O2S. The van der Waals surface area contributed by atoms with E-state index in [0.29, 0.717) is 25.6 Å². The Labute approximate surface area is 200 Å². The number of carbonyl (C=O) groups is 2. The second-order valence-electron chi connectivity index (χ2n) is 8.66. The minimum Gasteiger partial charge on any atom is -0.348 e. The van der Waals surface area contributed by atoms with Crippen molar-refractivity contribution >= 4 is 23.6 Å². The predicted molar refractivity (Wildman–Crippen MR) is 129 cm³/mol. The Morgan fingerprint density at radius 2 is 1.88 bits per heavy atom. The average molecular weight is 476 g/mol. The molecule has 2 amide bonds. The molecule has 33 heavy (non-hydrogen) atoms. The zero-order valence-electron chi connectivity index (χ0n) is 20.1. The summed E-state index contributed by atoms with van der Waals surface area (Å²) in [5, 5.41) is 19.6. The normalized spacial score (nSPS) is 14.0. The maximum Gasteiger partial charge on any atom is 0.309 e. The second-order valence-corrected chi connectivity index (χ2v) is 9.44. The van der Waals surface area contributed by atoms with Gasteiger partial charge in [0.25, 0.3) is 0 Å². The van der Waals surface area contributed by atoms with Gasteiger partial charge >= 0.3 is 11.8 Å². The Morgan fingerprint density at radius 1 is 1.12 bits per heavy atom. The van der Waals surface area contributed by atoms with E-state index in [1.165, 1.54) is 32.1 Å². The molecule has 1 aliphatic rings. The summed E-state index contributed by atoms with van der Waals surface area (Å²) < 4.78 is 4.19. The summed E-state index contributed by atoms with van der Waals surface area (Å²) in [5.74, 6) is -0.256.